The van der Waals surface area contributed by atoms with E-state index in [0.717, 1.165) is 12.8 Å². The zero-order chi connectivity index (χ0) is 10.1. The van der Waals surface area contributed by atoms with Gasteiger partial charge in [-0.25, -0.2) is 4.39 Å². The van der Waals surface area contributed by atoms with Crippen LogP contribution in [0, 0.1) is 11.7 Å². The van der Waals surface area contributed by atoms with Gasteiger partial charge in [0.05, 0.1) is 0 Å². The summed E-state index contributed by atoms with van der Waals surface area (Å²) in [7, 11) is 0. The van der Waals surface area contributed by atoms with Gasteiger partial charge in [-0.15, -0.1) is 0 Å². The molecule has 1 aliphatic carbocycles. The van der Waals surface area contributed by atoms with Gasteiger partial charge in [-0.2, -0.15) is 0 Å². The molecule has 0 bridgehead atoms. The summed E-state index contributed by atoms with van der Waals surface area (Å²) in [4.78, 5) is 11.7. The largest absolute Gasteiger partial charge is 0.294 e. The molecule has 0 unspecified atom stereocenters. The molecule has 1 aliphatic rings. The first-order valence-electron chi connectivity index (χ1n) is 4.65. The summed E-state index contributed by atoms with van der Waals surface area (Å²) in [5.74, 6) is 0.226. The highest BCUT2D eigenvalue weighted by molar-refractivity contribution is 9.10. The fourth-order valence-electron chi connectivity index (χ4n) is 1.41. The van der Waals surface area contributed by atoms with Crippen molar-refractivity contribution in [2.45, 2.75) is 19.3 Å². The van der Waals surface area contributed by atoms with Crippen LogP contribution in [0.1, 0.15) is 29.6 Å². The van der Waals surface area contributed by atoms with Gasteiger partial charge in [-0.1, -0.05) is 15.9 Å². The average molecular weight is 257 g/mol. The van der Waals surface area contributed by atoms with Crippen LogP contribution in [-0.4, -0.2) is 5.78 Å². The second kappa shape index (κ2) is 3.81. The molecule has 0 atom stereocenters. The molecule has 0 amide bonds. The average Bonchev–Trinajstić information content (AvgIpc) is 2.93. The molecule has 0 aromatic heterocycles. The van der Waals surface area contributed by atoms with Crippen molar-refractivity contribution in [3.63, 3.8) is 0 Å². The van der Waals surface area contributed by atoms with Crippen molar-refractivity contribution in [2.24, 2.45) is 5.92 Å². The summed E-state index contributed by atoms with van der Waals surface area (Å²) in [5, 5.41) is 0. The minimum atomic E-state index is -0.354. The number of halogens is 2. The Kier molecular flexibility index (Phi) is 2.68. The number of carbonyl (C=O) groups excluding carboxylic acids is 1. The van der Waals surface area contributed by atoms with Crippen LogP contribution in [0.25, 0.3) is 0 Å². The lowest BCUT2D eigenvalue weighted by atomic mass is 10.1. The van der Waals surface area contributed by atoms with Gasteiger partial charge in [0.1, 0.15) is 5.82 Å². The lowest BCUT2D eigenvalue weighted by Crippen LogP contribution is -2.01. The number of hydrogen-bond acceptors (Lipinski definition) is 1. The molecule has 1 aromatic carbocycles. The maximum Gasteiger partial charge on any atom is 0.164 e. The molecule has 1 saturated carbocycles. The van der Waals surface area contributed by atoms with E-state index in [2.05, 4.69) is 15.9 Å². The van der Waals surface area contributed by atoms with Gasteiger partial charge in [0.2, 0.25) is 0 Å². The molecule has 2 rings (SSSR count). The number of ketones is 1. The lowest BCUT2D eigenvalue weighted by molar-refractivity contribution is 0.0975. The third kappa shape index (κ3) is 2.21. The van der Waals surface area contributed by atoms with Crippen molar-refractivity contribution in [1.29, 1.82) is 0 Å². The third-order valence-corrected chi connectivity index (χ3v) is 3.09. The molecular weight excluding hydrogens is 247 g/mol. The summed E-state index contributed by atoms with van der Waals surface area (Å²) < 4.78 is 13.6. The van der Waals surface area contributed by atoms with Crippen LogP contribution in [0.15, 0.2) is 22.7 Å². The maximum atomic E-state index is 12.9. The number of rotatable bonds is 3. The quantitative estimate of drug-likeness (QED) is 0.756. The molecule has 0 heterocycles. The standard InChI is InChI=1S/C11H10BrFO/c12-10-4-3-8(13)6-9(10)11(14)5-7-1-2-7/h3-4,6-7H,1-2,5H2. The first kappa shape index (κ1) is 9.84. The number of benzene rings is 1. The highest BCUT2D eigenvalue weighted by atomic mass is 79.9. The molecular formula is C11H10BrFO. The molecule has 0 aliphatic heterocycles. The first-order chi connectivity index (χ1) is 6.66. The molecule has 3 heteroatoms. The number of Topliss-reactive ketones (excluding diaryl/α,β-unsaturated/α-hetero) is 1. The fourth-order valence-corrected chi connectivity index (χ4v) is 1.87. The van der Waals surface area contributed by atoms with Crippen LogP contribution in [-0.2, 0) is 0 Å². The number of hydrogen-bond donors (Lipinski definition) is 0. The van der Waals surface area contributed by atoms with E-state index < -0.39 is 0 Å². The van der Waals surface area contributed by atoms with Gasteiger partial charge < -0.3 is 0 Å². The van der Waals surface area contributed by atoms with Crippen LogP contribution in [0.3, 0.4) is 0 Å². The molecule has 0 saturated heterocycles. The SMILES string of the molecule is O=C(CC1CC1)c1cc(F)ccc1Br. The highest BCUT2D eigenvalue weighted by Crippen LogP contribution is 2.34. The molecule has 1 aromatic rings. The van der Waals surface area contributed by atoms with Crippen LogP contribution in [0.2, 0.25) is 0 Å². The molecule has 0 N–H and O–H groups in total. The van der Waals surface area contributed by atoms with Crippen molar-refractivity contribution in [3.05, 3.63) is 34.1 Å². The van der Waals surface area contributed by atoms with E-state index in [-0.39, 0.29) is 11.6 Å². The predicted molar refractivity (Wildman–Crippen MR) is 55.8 cm³/mol. The Morgan fingerprint density at radius 3 is 2.86 bits per heavy atom. The van der Waals surface area contributed by atoms with E-state index in [4.69, 9.17) is 0 Å². The van der Waals surface area contributed by atoms with E-state index in [1.54, 1.807) is 6.07 Å². The molecule has 14 heavy (non-hydrogen) atoms. The summed E-state index contributed by atoms with van der Waals surface area (Å²) in [6.07, 6.45) is 2.83. The van der Waals surface area contributed by atoms with Crippen LogP contribution >= 0.6 is 15.9 Å². The highest BCUT2D eigenvalue weighted by Gasteiger charge is 2.25. The minimum Gasteiger partial charge on any atom is -0.294 e. The van der Waals surface area contributed by atoms with Crippen molar-refractivity contribution >= 4 is 21.7 Å². The predicted octanol–water partition coefficient (Wildman–Crippen LogP) is 3.57. The van der Waals surface area contributed by atoms with Crippen molar-refractivity contribution in [1.82, 2.24) is 0 Å². The van der Waals surface area contributed by atoms with E-state index in [1.807, 2.05) is 0 Å². The molecule has 0 spiro atoms. The zero-order valence-electron chi connectivity index (χ0n) is 7.59. The van der Waals surface area contributed by atoms with E-state index in [0.29, 0.717) is 22.4 Å². The van der Waals surface area contributed by atoms with Crippen molar-refractivity contribution in [3.8, 4) is 0 Å². The third-order valence-electron chi connectivity index (χ3n) is 2.40. The molecule has 74 valence electrons. The van der Waals surface area contributed by atoms with Crippen LogP contribution < -0.4 is 0 Å². The Balaban J connectivity index is 2.20. The Hall–Kier alpha value is -0.700. The summed E-state index contributed by atoms with van der Waals surface area (Å²) in [6, 6.07) is 4.22. The zero-order valence-corrected chi connectivity index (χ0v) is 9.18. The maximum absolute atomic E-state index is 12.9. The van der Waals surface area contributed by atoms with E-state index in [1.165, 1.54) is 12.1 Å². The van der Waals surface area contributed by atoms with Gasteiger partial charge in [0.25, 0.3) is 0 Å². The summed E-state index contributed by atoms with van der Waals surface area (Å²) in [6.45, 7) is 0. The van der Waals surface area contributed by atoms with Gasteiger partial charge in [-0.05, 0) is 37.0 Å². The van der Waals surface area contributed by atoms with E-state index >= 15 is 0 Å². The second-order valence-electron chi connectivity index (χ2n) is 3.69. The normalized spacial score (nSPS) is 15.6. The Morgan fingerprint density at radius 2 is 2.21 bits per heavy atom. The second-order valence-corrected chi connectivity index (χ2v) is 4.55. The molecule has 0 radical (unpaired) electrons. The minimum absolute atomic E-state index is 0.0406. The molecule has 1 nitrogen and oxygen atoms in total. The van der Waals surface area contributed by atoms with Gasteiger partial charge in [0, 0.05) is 16.5 Å². The summed E-state index contributed by atoms with van der Waals surface area (Å²) >= 11 is 3.25. The Bertz CT molecular complexity index is 372. The topological polar surface area (TPSA) is 17.1 Å². The molecule has 1 fully saturated rings. The van der Waals surface area contributed by atoms with Gasteiger partial charge in [0.15, 0.2) is 5.78 Å². The lowest BCUT2D eigenvalue weighted by Gasteiger charge is -2.02. The monoisotopic (exact) mass is 256 g/mol. The van der Waals surface area contributed by atoms with Gasteiger partial charge in [-0.3, -0.25) is 4.79 Å². The Morgan fingerprint density at radius 1 is 1.50 bits per heavy atom. The van der Waals surface area contributed by atoms with E-state index in [9.17, 15) is 9.18 Å². The first-order valence-corrected chi connectivity index (χ1v) is 5.44. The number of carbonyl (C=O) groups is 1. The fraction of sp³-hybridized carbons (Fsp3) is 0.364. The van der Waals surface area contributed by atoms with Crippen LogP contribution in [0.4, 0.5) is 4.39 Å². The summed E-state index contributed by atoms with van der Waals surface area (Å²) in [5.41, 5.74) is 0.469. The van der Waals surface area contributed by atoms with Crippen LogP contribution in [0.5, 0.6) is 0 Å². The van der Waals surface area contributed by atoms with Gasteiger partial charge >= 0.3 is 0 Å². The van der Waals surface area contributed by atoms with Crippen molar-refractivity contribution in [2.75, 3.05) is 0 Å². The smallest absolute Gasteiger partial charge is 0.164 e. The van der Waals surface area contributed by atoms with Crippen molar-refractivity contribution < 1.29 is 9.18 Å². The Labute approximate surface area is 90.4 Å².